The highest BCUT2D eigenvalue weighted by Crippen LogP contribution is 2.28. The number of amides is 2. The number of hydrogen-bond acceptors (Lipinski definition) is 4. The first kappa shape index (κ1) is 20.0. The van der Waals surface area contributed by atoms with Gasteiger partial charge in [-0.05, 0) is 30.0 Å². The van der Waals surface area contributed by atoms with Gasteiger partial charge in [0.25, 0.3) is 0 Å². The monoisotopic (exact) mass is 377 g/mol. The highest BCUT2D eigenvalue weighted by Gasteiger charge is 2.41. The maximum Gasteiger partial charge on any atom is 0.573 e. The van der Waals surface area contributed by atoms with Crippen LogP contribution in [0.3, 0.4) is 0 Å². The van der Waals surface area contributed by atoms with Crippen molar-refractivity contribution in [2.24, 2.45) is 11.8 Å². The molecule has 0 saturated carbocycles. The minimum atomic E-state index is -4.99. The molecule has 0 N–H and O–H groups in total. The molecule has 1 fully saturated rings. The quantitative estimate of drug-likeness (QED) is 0.731. The Kier molecular flexibility index (Phi) is 5.77. The van der Waals surface area contributed by atoms with E-state index in [9.17, 15) is 27.2 Å². The Bertz CT molecular complexity index is 690. The van der Waals surface area contributed by atoms with Gasteiger partial charge in [-0.2, -0.15) is 0 Å². The summed E-state index contributed by atoms with van der Waals surface area (Å²) in [6.07, 6.45) is -5.66. The van der Waals surface area contributed by atoms with E-state index in [0.29, 0.717) is 5.56 Å². The van der Waals surface area contributed by atoms with E-state index in [2.05, 4.69) is 4.74 Å². The number of ether oxygens (including phenoxy) is 2. The van der Waals surface area contributed by atoms with Crippen molar-refractivity contribution in [2.45, 2.75) is 39.6 Å². The van der Waals surface area contributed by atoms with Crippen molar-refractivity contribution in [3.05, 3.63) is 29.6 Å². The standard InChI is InChI=1S/C17H19F4NO4/c1-9(2)13-8-25-16(24)22(13)15(23)10(3)6-11-4-5-14(12(18)7-11)26-17(19,20)21/h4-5,7,9-10,13H,6,8H2,1-3H3. The third-order valence-electron chi connectivity index (χ3n) is 4.10. The van der Waals surface area contributed by atoms with Crippen LogP contribution in [0.15, 0.2) is 18.2 Å². The van der Waals surface area contributed by atoms with E-state index in [-0.39, 0.29) is 25.0 Å². The van der Waals surface area contributed by atoms with E-state index in [1.807, 2.05) is 13.8 Å². The summed E-state index contributed by atoms with van der Waals surface area (Å²) in [5.41, 5.74) is 0.312. The molecule has 5 nitrogen and oxygen atoms in total. The van der Waals surface area contributed by atoms with Crippen LogP contribution in [0.4, 0.5) is 22.4 Å². The van der Waals surface area contributed by atoms with Crippen LogP contribution in [0.5, 0.6) is 5.75 Å². The topological polar surface area (TPSA) is 55.8 Å². The number of imide groups is 1. The molecule has 1 aliphatic rings. The van der Waals surface area contributed by atoms with Crippen LogP contribution in [0, 0.1) is 17.7 Å². The first-order valence-electron chi connectivity index (χ1n) is 8.03. The molecular weight excluding hydrogens is 358 g/mol. The molecule has 1 heterocycles. The number of benzene rings is 1. The highest BCUT2D eigenvalue weighted by molar-refractivity contribution is 5.94. The number of rotatable bonds is 5. The third kappa shape index (κ3) is 4.64. The average molecular weight is 377 g/mol. The molecule has 9 heteroatoms. The Morgan fingerprint density at radius 2 is 2.00 bits per heavy atom. The Hall–Kier alpha value is -2.32. The van der Waals surface area contributed by atoms with Gasteiger partial charge in [0.1, 0.15) is 6.61 Å². The van der Waals surface area contributed by atoms with Crippen molar-refractivity contribution in [1.82, 2.24) is 4.90 Å². The predicted octanol–water partition coefficient (Wildman–Crippen LogP) is 3.91. The molecule has 2 atom stereocenters. The maximum absolute atomic E-state index is 13.8. The predicted molar refractivity (Wildman–Crippen MR) is 82.8 cm³/mol. The highest BCUT2D eigenvalue weighted by atomic mass is 19.4. The number of carbonyl (C=O) groups excluding carboxylic acids is 2. The molecule has 2 amide bonds. The zero-order valence-corrected chi connectivity index (χ0v) is 14.5. The van der Waals surface area contributed by atoms with E-state index in [4.69, 9.17) is 4.74 Å². The minimum absolute atomic E-state index is 0.00819. The molecule has 0 aromatic heterocycles. The number of halogens is 4. The molecule has 26 heavy (non-hydrogen) atoms. The summed E-state index contributed by atoms with van der Waals surface area (Å²) in [4.78, 5) is 25.5. The van der Waals surface area contributed by atoms with Gasteiger partial charge in [-0.15, -0.1) is 13.2 Å². The molecule has 1 aromatic carbocycles. The second kappa shape index (κ2) is 7.51. The summed E-state index contributed by atoms with van der Waals surface area (Å²) in [6, 6.07) is 2.61. The van der Waals surface area contributed by atoms with Gasteiger partial charge in [-0.3, -0.25) is 4.79 Å². The van der Waals surface area contributed by atoms with Gasteiger partial charge >= 0.3 is 12.5 Å². The summed E-state index contributed by atoms with van der Waals surface area (Å²) < 4.78 is 58.8. The van der Waals surface area contributed by atoms with Crippen LogP contribution < -0.4 is 4.74 Å². The Morgan fingerprint density at radius 3 is 2.54 bits per heavy atom. The molecule has 1 aromatic rings. The van der Waals surface area contributed by atoms with Crippen LogP contribution >= 0.6 is 0 Å². The summed E-state index contributed by atoms with van der Waals surface area (Å²) in [5, 5.41) is 0. The Balaban J connectivity index is 2.09. The molecule has 144 valence electrons. The van der Waals surface area contributed by atoms with Crippen LogP contribution in [0.2, 0.25) is 0 Å². The van der Waals surface area contributed by atoms with Crippen LogP contribution in [-0.2, 0) is 16.0 Å². The second-order valence-corrected chi connectivity index (χ2v) is 6.51. The van der Waals surface area contributed by atoms with Crippen molar-refractivity contribution in [3.8, 4) is 5.75 Å². The largest absolute Gasteiger partial charge is 0.573 e. The SMILES string of the molecule is CC(Cc1ccc(OC(F)(F)F)c(F)c1)C(=O)N1C(=O)OCC1C(C)C. The van der Waals surface area contributed by atoms with Crippen molar-refractivity contribution in [2.75, 3.05) is 6.61 Å². The number of nitrogens with zero attached hydrogens (tertiary/aromatic N) is 1. The van der Waals surface area contributed by atoms with Crippen molar-refractivity contribution in [1.29, 1.82) is 0 Å². The fourth-order valence-electron chi connectivity index (χ4n) is 2.74. The van der Waals surface area contributed by atoms with Crippen molar-refractivity contribution < 1.29 is 36.6 Å². The molecule has 2 rings (SSSR count). The molecule has 0 radical (unpaired) electrons. The zero-order chi connectivity index (χ0) is 19.6. The van der Waals surface area contributed by atoms with Gasteiger partial charge in [0, 0.05) is 5.92 Å². The molecule has 1 aliphatic heterocycles. The van der Waals surface area contributed by atoms with Gasteiger partial charge in [0.05, 0.1) is 6.04 Å². The molecule has 1 saturated heterocycles. The zero-order valence-electron chi connectivity index (χ0n) is 14.5. The third-order valence-corrected chi connectivity index (χ3v) is 4.10. The van der Waals surface area contributed by atoms with Gasteiger partial charge in [-0.1, -0.05) is 26.8 Å². The number of carbonyl (C=O) groups is 2. The first-order valence-corrected chi connectivity index (χ1v) is 8.03. The van der Waals surface area contributed by atoms with Gasteiger partial charge in [0.15, 0.2) is 11.6 Å². The van der Waals surface area contributed by atoms with E-state index in [1.165, 1.54) is 6.07 Å². The summed E-state index contributed by atoms with van der Waals surface area (Å²) >= 11 is 0. The fraction of sp³-hybridized carbons (Fsp3) is 0.529. The van der Waals surface area contributed by atoms with E-state index in [0.717, 1.165) is 17.0 Å². The molecule has 0 spiro atoms. The second-order valence-electron chi connectivity index (χ2n) is 6.51. The summed E-state index contributed by atoms with van der Waals surface area (Å²) in [6.45, 7) is 5.38. The van der Waals surface area contributed by atoms with Crippen LogP contribution in [0.1, 0.15) is 26.3 Å². The van der Waals surface area contributed by atoms with E-state index < -0.39 is 35.8 Å². The lowest BCUT2D eigenvalue weighted by molar-refractivity contribution is -0.275. The van der Waals surface area contributed by atoms with Crippen LogP contribution in [0.25, 0.3) is 0 Å². The molecule has 0 bridgehead atoms. The number of alkyl halides is 3. The fourth-order valence-corrected chi connectivity index (χ4v) is 2.74. The van der Waals surface area contributed by atoms with Gasteiger partial charge in [0.2, 0.25) is 5.91 Å². The summed E-state index contributed by atoms with van der Waals surface area (Å²) in [5.74, 6) is -3.27. The van der Waals surface area contributed by atoms with Crippen LogP contribution in [-0.4, -0.2) is 35.9 Å². The Labute approximate surface area is 147 Å². The number of cyclic esters (lactones) is 1. The lowest BCUT2D eigenvalue weighted by Crippen LogP contribution is -2.44. The lowest BCUT2D eigenvalue weighted by Gasteiger charge is -2.25. The normalized spacial score (nSPS) is 18.8. The maximum atomic E-state index is 13.8. The van der Waals surface area contributed by atoms with E-state index >= 15 is 0 Å². The first-order chi connectivity index (χ1) is 12.0. The molecule has 0 aliphatic carbocycles. The molecular formula is C17H19F4NO4. The Morgan fingerprint density at radius 1 is 1.35 bits per heavy atom. The average Bonchev–Trinajstić information content (AvgIpc) is 2.90. The number of hydrogen-bond donors (Lipinski definition) is 0. The van der Waals surface area contributed by atoms with Crippen molar-refractivity contribution >= 4 is 12.0 Å². The minimum Gasteiger partial charge on any atom is -0.447 e. The smallest absolute Gasteiger partial charge is 0.447 e. The summed E-state index contributed by atoms with van der Waals surface area (Å²) in [7, 11) is 0. The van der Waals surface area contributed by atoms with Gasteiger partial charge < -0.3 is 9.47 Å². The lowest BCUT2D eigenvalue weighted by atomic mass is 9.97. The van der Waals surface area contributed by atoms with Gasteiger partial charge in [-0.25, -0.2) is 14.1 Å². The molecule has 2 unspecified atom stereocenters. The van der Waals surface area contributed by atoms with E-state index in [1.54, 1.807) is 6.92 Å². The van der Waals surface area contributed by atoms with Crippen molar-refractivity contribution in [3.63, 3.8) is 0 Å².